The standard InChI is InChI=1S/C11H22N2O3/c1-7(2)10(12)11(16)13-8(3)5-4-6-9(14)15/h7-8,10H,4-6,12H2,1-3H3,(H,13,16)(H,14,15)/t8?,10-/m0/s1. The van der Waals surface area contributed by atoms with Crippen molar-refractivity contribution in [2.45, 2.75) is 52.1 Å². The molecule has 1 unspecified atom stereocenters. The van der Waals surface area contributed by atoms with E-state index in [1.165, 1.54) is 0 Å². The molecule has 0 radical (unpaired) electrons. The Balaban J connectivity index is 3.82. The van der Waals surface area contributed by atoms with Crippen LogP contribution in [0.25, 0.3) is 0 Å². The first-order valence-electron chi connectivity index (χ1n) is 5.62. The molecule has 5 nitrogen and oxygen atoms in total. The van der Waals surface area contributed by atoms with Gasteiger partial charge in [-0.1, -0.05) is 13.8 Å². The highest BCUT2D eigenvalue weighted by atomic mass is 16.4. The molecule has 0 aliphatic carbocycles. The molecule has 0 bridgehead atoms. The van der Waals surface area contributed by atoms with Crippen molar-refractivity contribution in [1.29, 1.82) is 0 Å². The highest BCUT2D eigenvalue weighted by Crippen LogP contribution is 2.03. The summed E-state index contributed by atoms with van der Waals surface area (Å²) >= 11 is 0. The van der Waals surface area contributed by atoms with Gasteiger partial charge in [-0.05, 0) is 25.7 Å². The quantitative estimate of drug-likeness (QED) is 0.601. The van der Waals surface area contributed by atoms with Gasteiger partial charge in [-0.2, -0.15) is 0 Å². The van der Waals surface area contributed by atoms with E-state index in [1.807, 2.05) is 20.8 Å². The second-order valence-corrected chi connectivity index (χ2v) is 4.47. The van der Waals surface area contributed by atoms with Crippen molar-refractivity contribution in [1.82, 2.24) is 5.32 Å². The summed E-state index contributed by atoms with van der Waals surface area (Å²) < 4.78 is 0. The first-order chi connectivity index (χ1) is 7.34. The lowest BCUT2D eigenvalue weighted by molar-refractivity contribution is -0.137. The largest absolute Gasteiger partial charge is 0.481 e. The molecule has 16 heavy (non-hydrogen) atoms. The fourth-order valence-electron chi connectivity index (χ4n) is 1.27. The molecule has 0 spiro atoms. The molecule has 0 saturated heterocycles. The molecule has 1 amide bonds. The molecule has 5 heteroatoms. The summed E-state index contributed by atoms with van der Waals surface area (Å²) in [6.07, 6.45) is 1.35. The Morgan fingerprint density at radius 3 is 2.31 bits per heavy atom. The second kappa shape index (κ2) is 7.22. The number of carbonyl (C=O) groups is 2. The van der Waals surface area contributed by atoms with Crippen LogP contribution < -0.4 is 11.1 Å². The Labute approximate surface area is 96.4 Å². The third-order valence-electron chi connectivity index (χ3n) is 2.44. The highest BCUT2D eigenvalue weighted by molar-refractivity contribution is 5.81. The molecule has 0 aromatic carbocycles. The van der Waals surface area contributed by atoms with Gasteiger partial charge in [0.25, 0.3) is 0 Å². The van der Waals surface area contributed by atoms with Crippen LogP contribution in [0.2, 0.25) is 0 Å². The van der Waals surface area contributed by atoms with E-state index in [1.54, 1.807) is 0 Å². The number of hydrogen-bond acceptors (Lipinski definition) is 3. The SMILES string of the molecule is CC(CCCC(=O)O)NC(=O)[C@@H](N)C(C)C. The molecule has 0 aromatic rings. The fourth-order valence-corrected chi connectivity index (χ4v) is 1.27. The minimum atomic E-state index is -0.808. The van der Waals surface area contributed by atoms with Crippen molar-refractivity contribution in [3.8, 4) is 0 Å². The van der Waals surface area contributed by atoms with E-state index in [2.05, 4.69) is 5.32 Å². The van der Waals surface area contributed by atoms with Crippen LogP contribution in [0.1, 0.15) is 40.0 Å². The monoisotopic (exact) mass is 230 g/mol. The summed E-state index contributed by atoms with van der Waals surface area (Å²) in [6, 6.07) is -0.529. The molecule has 0 saturated carbocycles. The molecule has 0 heterocycles. The molecule has 4 N–H and O–H groups in total. The maximum absolute atomic E-state index is 11.5. The molecular formula is C11H22N2O3. The number of nitrogens with two attached hydrogens (primary N) is 1. The van der Waals surface area contributed by atoms with Crippen molar-refractivity contribution < 1.29 is 14.7 Å². The van der Waals surface area contributed by atoms with Crippen molar-refractivity contribution in [2.75, 3.05) is 0 Å². The van der Waals surface area contributed by atoms with Crippen LogP contribution in [0.4, 0.5) is 0 Å². The minimum Gasteiger partial charge on any atom is -0.481 e. The van der Waals surface area contributed by atoms with E-state index in [4.69, 9.17) is 10.8 Å². The zero-order chi connectivity index (χ0) is 12.7. The van der Waals surface area contributed by atoms with Gasteiger partial charge >= 0.3 is 5.97 Å². The predicted octanol–water partition coefficient (Wildman–Crippen LogP) is 0.729. The average Bonchev–Trinajstić information content (AvgIpc) is 2.15. The summed E-state index contributed by atoms with van der Waals surface area (Å²) in [7, 11) is 0. The zero-order valence-corrected chi connectivity index (χ0v) is 10.2. The van der Waals surface area contributed by atoms with E-state index >= 15 is 0 Å². The number of carboxylic acid groups (broad SMARTS) is 1. The summed E-state index contributed by atoms with van der Waals surface area (Å²) in [5.41, 5.74) is 5.68. The summed E-state index contributed by atoms with van der Waals surface area (Å²) in [5.74, 6) is -0.874. The normalized spacial score (nSPS) is 14.6. The van der Waals surface area contributed by atoms with Crippen molar-refractivity contribution in [2.24, 2.45) is 11.7 Å². The Hall–Kier alpha value is -1.10. The van der Waals surface area contributed by atoms with Gasteiger partial charge in [-0.3, -0.25) is 9.59 Å². The number of nitrogens with one attached hydrogen (secondary N) is 1. The van der Waals surface area contributed by atoms with E-state index in [-0.39, 0.29) is 24.3 Å². The van der Waals surface area contributed by atoms with Crippen LogP contribution in [0.3, 0.4) is 0 Å². The molecular weight excluding hydrogens is 208 g/mol. The van der Waals surface area contributed by atoms with Crippen LogP contribution in [0.15, 0.2) is 0 Å². The molecule has 0 rings (SSSR count). The van der Waals surface area contributed by atoms with E-state index in [0.717, 1.165) is 0 Å². The Kier molecular flexibility index (Phi) is 6.72. The topological polar surface area (TPSA) is 92.4 Å². The predicted molar refractivity (Wildman–Crippen MR) is 61.9 cm³/mol. The van der Waals surface area contributed by atoms with Crippen LogP contribution in [0, 0.1) is 5.92 Å². The van der Waals surface area contributed by atoms with E-state index in [9.17, 15) is 9.59 Å². The average molecular weight is 230 g/mol. The molecule has 0 fully saturated rings. The third-order valence-corrected chi connectivity index (χ3v) is 2.44. The van der Waals surface area contributed by atoms with Gasteiger partial charge in [0.15, 0.2) is 0 Å². The third kappa shape index (κ3) is 6.40. The molecule has 2 atom stereocenters. The summed E-state index contributed by atoms with van der Waals surface area (Å²) in [5, 5.41) is 11.2. The fraction of sp³-hybridized carbons (Fsp3) is 0.818. The zero-order valence-electron chi connectivity index (χ0n) is 10.2. The van der Waals surface area contributed by atoms with Gasteiger partial charge in [0, 0.05) is 12.5 Å². The van der Waals surface area contributed by atoms with Crippen molar-refractivity contribution in [3.63, 3.8) is 0 Å². The van der Waals surface area contributed by atoms with Crippen LogP contribution in [-0.2, 0) is 9.59 Å². The van der Waals surface area contributed by atoms with E-state index < -0.39 is 12.0 Å². The van der Waals surface area contributed by atoms with Gasteiger partial charge in [-0.25, -0.2) is 0 Å². The van der Waals surface area contributed by atoms with Gasteiger partial charge < -0.3 is 16.2 Å². The Morgan fingerprint density at radius 2 is 1.88 bits per heavy atom. The van der Waals surface area contributed by atoms with Gasteiger partial charge in [0.05, 0.1) is 6.04 Å². The maximum atomic E-state index is 11.5. The first-order valence-corrected chi connectivity index (χ1v) is 5.62. The van der Waals surface area contributed by atoms with Gasteiger partial charge in [0.2, 0.25) is 5.91 Å². The number of aliphatic carboxylic acids is 1. The van der Waals surface area contributed by atoms with E-state index in [0.29, 0.717) is 12.8 Å². The molecule has 0 aromatic heterocycles. The highest BCUT2D eigenvalue weighted by Gasteiger charge is 2.18. The van der Waals surface area contributed by atoms with Crippen LogP contribution >= 0.6 is 0 Å². The van der Waals surface area contributed by atoms with Gasteiger partial charge in [-0.15, -0.1) is 0 Å². The van der Waals surface area contributed by atoms with Crippen LogP contribution in [0.5, 0.6) is 0 Å². The number of carbonyl (C=O) groups excluding carboxylic acids is 1. The minimum absolute atomic E-state index is 0.0309. The van der Waals surface area contributed by atoms with Crippen molar-refractivity contribution >= 4 is 11.9 Å². The Bertz CT molecular complexity index is 241. The maximum Gasteiger partial charge on any atom is 0.303 e. The van der Waals surface area contributed by atoms with Crippen molar-refractivity contribution in [3.05, 3.63) is 0 Å². The lowest BCUT2D eigenvalue weighted by atomic mass is 10.0. The summed E-state index contributed by atoms with van der Waals surface area (Å²) in [6.45, 7) is 5.63. The lowest BCUT2D eigenvalue weighted by Crippen LogP contribution is -2.47. The van der Waals surface area contributed by atoms with Crippen LogP contribution in [-0.4, -0.2) is 29.1 Å². The number of rotatable bonds is 7. The smallest absolute Gasteiger partial charge is 0.303 e. The molecule has 0 aliphatic heterocycles. The summed E-state index contributed by atoms with van der Waals surface area (Å²) in [4.78, 5) is 21.8. The lowest BCUT2D eigenvalue weighted by Gasteiger charge is -2.19. The second-order valence-electron chi connectivity index (χ2n) is 4.47. The first kappa shape index (κ1) is 14.9. The molecule has 94 valence electrons. The number of hydrogen-bond donors (Lipinski definition) is 3. The Morgan fingerprint density at radius 1 is 1.31 bits per heavy atom. The number of carboxylic acids is 1. The van der Waals surface area contributed by atoms with Gasteiger partial charge in [0.1, 0.15) is 0 Å². The molecule has 0 aliphatic rings. The number of amides is 1.